The lowest BCUT2D eigenvalue weighted by molar-refractivity contribution is -0.137. The third kappa shape index (κ3) is 5.73. The van der Waals surface area contributed by atoms with Gasteiger partial charge in [-0.05, 0) is 38.6 Å². The normalized spacial score (nSPS) is 28.5. The molecule has 1 aliphatic carbocycles. The first-order valence-corrected chi connectivity index (χ1v) is 9.33. The molecule has 2 rings (SSSR count). The second-order valence-corrected chi connectivity index (χ2v) is 7.60. The molecule has 5 nitrogen and oxygen atoms in total. The van der Waals surface area contributed by atoms with Crippen molar-refractivity contribution in [1.82, 2.24) is 14.7 Å². The van der Waals surface area contributed by atoms with E-state index in [2.05, 4.69) is 23.8 Å². The minimum absolute atomic E-state index is 0.179. The Hall–Kier alpha value is -0.650. The van der Waals surface area contributed by atoms with E-state index in [0.717, 1.165) is 44.9 Å². The fourth-order valence-corrected chi connectivity index (χ4v) is 3.92. The van der Waals surface area contributed by atoms with Crippen LogP contribution in [0.3, 0.4) is 0 Å². The number of rotatable bonds is 6. The van der Waals surface area contributed by atoms with Gasteiger partial charge in [-0.2, -0.15) is 0 Å². The number of carbonyl (C=O) groups is 1. The highest BCUT2D eigenvalue weighted by Gasteiger charge is 2.28. The maximum Gasteiger partial charge on any atom is 0.225 e. The predicted octanol–water partition coefficient (Wildman–Crippen LogP) is 1.27. The van der Waals surface area contributed by atoms with E-state index in [4.69, 9.17) is 0 Å². The standard InChI is InChI=1S/C18H35N3O2/c1-4-15-5-7-16(8-6-15)18(23)20(3)13-17(22)14-21-11-9-19(2)10-12-21/h15-17,22H,4-14H2,1-3H3. The topological polar surface area (TPSA) is 47.0 Å². The van der Waals surface area contributed by atoms with Crippen LogP contribution in [0.2, 0.25) is 0 Å². The smallest absolute Gasteiger partial charge is 0.225 e. The largest absolute Gasteiger partial charge is 0.390 e. The Kier molecular flexibility index (Phi) is 7.31. The molecule has 1 amide bonds. The fourth-order valence-electron chi connectivity index (χ4n) is 3.92. The molecule has 0 spiro atoms. The van der Waals surface area contributed by atoms with Gasteiger partial charge in [-0.3, -0.25) is 9.69 Å². The molecule has 0 aromatic rings. The maximum absolute atomic E-state index is 12.6. The monoisotopic (exact) mass is 325 g/mol. The van der Waals surface area contributed by atoms with E-state index in [1.807, 2.05) is 7.05 Å². The van der Waals surface area contributed by atoms with Gasteiger partial charge < -0.3 is 14.9 Å². The molecule has 134 valence electrons. The van der Waals surface area contributed by atoms with Crippen molar-refractivity contribution in [2.45, 2.75) is 45.1 Å². The van der Waals surface area contributed by atoms with Gasteiger partial charge in [-0.25, -0.2) is 0 Å². The average molecular weight is 325 g/mol. The lowest BCUT2D eigenvalue weighted by atomic mass is 9.80. The molecule has 5 heteroatoms. The van der Waals surface area contributed by atoms with Crippen LogP contribution in [0.15, 0.2) is 0 Å². The molecule has 1 saturated carbocycles. The van der Waals surface area contributed by atoms with Crippen molar-refractivity contribution >= 4 is 5.91 Å². The molecule has 0 radical (unpaired) electrons. The van der Waals surface area contributed by atoms with Gasteiger partial charge >= 0.3 is 0 Å². The highest BCUT2D eigenvalue weighted by Crippen LogP contribution is 2.31. The summed E-state index contributed by atoms with van der Waals surface area (Å²) < 4.78 is 0. The van der Waals surface area contributed by atoms with Crippen LogP contribution in [0.4, 0.5) is 0 Å². The Bertz CT molecular complexity index is 361. The molecule has 23 heavy (non-hydrogen) atoms. The summed E-state index contributed by atoms with van der Waals surface area (Å²) in [6.45, 7) is 7.50. The lowest BCUT2D eigenvalue weighted by Crippen LogP contribution is -2.49. The summed E-state index contributed by atoms with van der Waals surface area (Å²) in [5.74, 6) is 1.22. The number of hydrogen-bond donors (Lipinski definition) is 1. The van der Waals surface area contributed by atoms with Crippen LogP contribution < -0.4 is 0 Å². The predicted molar refractivity (Wildman–Crippen MR) is 93.3 cm³/mol. The van der Waals surface area contributed by atoms with Gasteiger partial charge in [-0.1, -0.05) is 13.3 Å². The van der Waals surface area contributed by atoms with Gasteiger partial charge in [-0.15, -0.1) is 0 Å². The van der Waals surface area contributed by atoms with Gasteiger partial charge in [0, 0.05) is 52.2 Å². The van der Waals surface area contributed by atoms with Gasteiger partial charge in [0.15, 0.2) is 0 Å². The number of aliphatic hydroxyl groups is 1. The highest BCUT2D eigenvalue weighted by molar-refractivity contribution is 5.78. The zero-order valence-electron chi connectivity index (χ0n) is 15.2. The molecular weight excluding hydrogens is 290 g/mol. The fraction of sp³-hybridized carbons (Fsp3) is 0.944. The van der Waals surface area contributed by atoms with Crippen LogP contribution in [0.5, 0.6) is 0 Å². The van der Waals surface area contributed by atoms with Crippen LogP contribution in [0.1, 0.15) is 39.0 Å². The summed E-state index contributed by atoms with van der Waals surface area (Å²) in [6, 6.07) is 0. The van der Waals surface area contributed by atoms with Crippen molar-refractivity contribution in [1.29, 1.82) is 0 Å². The quantitative estimate of drug-likeness (QED) is 0.799. The summed E-state index contributed by atoms with van der Waals surface area (Å²) >= 11 is 0. The molecule has 1 heterocycles. The summed E-state index contributed by atoms with van der Waals surface area (Å²) in [5.41, 5.74) is 0. The maximum atomic E-state index is 12.6. The van der Waals surface area contributed by atoms with Crippen LogP contribution in [-0.4, -0.2) is 85.2 Å². The number of aliphatic hydroxyl groups excluding tert-OH is 1. The molecule has 1 unspecified atom stereocenters. The SMILES string of the molecule is CCC1CCC(C(=O)N(C)CC(O)CN2CCN(C)CC2)CC1. The van der Waals surface area contributed by atoms with Crippen molar-refractivity contribution in [3.05, 3.63) is 0 Å². The highest BCUT2D eigenvalue weighted by atomic mass is 16.3. The van der Waals surface area contributed by atoms with E-state index in [9.17, 15) is 9.90 Å². The van der Waals surface area contributed by atoms with Gasteiger partial charge in [0.25, 0.3) is 0 Å². The Morgan fingerprint density at radius 1 is 1.17 bits per heavy atom. The molecule has 0 aromatic carbocycles. The Morgan fingerprint density at radius 2 is 1.78 bits per heavy atom. The van der Waals surface area contributed by atoms with E-state index in [1.54, 1.807) is 4.90 Å². The molecule has 2 fully saturated rings. The third-order valence-electron chi connectivity index (χ3n) is 5.70. The van der Waals surface area contributed by atoms with Crippen LogP contribution >= 0.6 is 0 Å². The molecular formula is C18H35N3O2. The van der Waals surface area contributed by atoms with E-state index < -0.39 is 6.10 Å². The second kappa shape index (κ2) is 9.00. The van der Waals surface area contributed by atoms with E-state index in [-0.39, 0.29) is 11.8 Å². The van der Waals surface area contributed by atoms with Crippen molar-refractivity contribution in [3.63, 3.8) is 0 Å². The van der Waals surface area contributed by atoms with Crippen LogP contribution in [-0.2, 0) is 4.79 Å². The Morgan fingerprint density at radius 3 is 2.35 bits per heavy atom. The number of amides is 1. The summed E-state index contributed by atoms with van der Waals surface area (Å²) in [5, 5.41) is 10.3. The van der Waals surface area contributed by atoms with Crippen molar-refractivity contribution in [2.75, 3.05) is 53.4 Å². The minimum Gasteiger partial charge on any atom is -0.390 e. The summed E-state index contributed by atoms with van der Waals surface area (Å²) in [6.07, 6.45) is 5.21. The molecule has 1 N–H and O–H groups in total. The molecule has 2 aliphatic rings. The first-order valence-electron chi connectivity index (χ1n) is 9.33. The number of nitrogens with zero attached hydrogens (tertiary/aromatic N) is 3. The first kappa shape index (κ1) is 18.7. The number of likely N-dealkylation sites (N-methyl/N-ethyl adjacent to an activating group) is 2. The third-order valence-corrected chi connectivity index (χ3v) is 5.70. The van der Waals surface area contributed by atoms with Gasteiger partial charge in [0.05, 0.1) is 6.10 Å². The number of β-amino-alcohol motifs (C(OH)–C–C–N with tert-alkyl or cyclic N) is 1. The molecule has 1 aliphatic heterocycles. The summed E-state index contributed by atoms with van der Waals surface area (Å²) in [4.78, 5) is 18.9. The molecule has 0 bridgehead atoms. The molecule has 1 atom stereocenters. The number of carbonyl (C=O) groups excluding carboxylic acids is 1. The minimum atomic E-state index is -0.445. The van der Waals surface area contributed by atoms with E-state index in [1.165, 1.54) is 19.3 Å². The Balaban J connectivity index is 1.70. The number of hydrogen-bond acceptors (Lipinski definition) is 4. The second-order valence-electron chi connectivity index (χ2n) is 7.60. The lowest BCUT2D eigenvalue weighted by Gasteiger charge is -2.35. The van der Waals surface area contributed by atoms with Gasteiger partial charge in [0.1, 0.15) is 0 Å². The zero-order valence-corrected chi connectivity index (χ0v) is 15.2. The van der Waals surface area contributed by atoms with Crippen molar-refractivity contribution < 1.29 is 9.90 Å². The Labute approximate surface area is 141 Å². The van der Waals surface area contributed by atoms with Crippen molar-refractivity contribution in [2.24, 2.45) is 11.8 Å². The molecule has 1 saturated heterocycles. The van der Waals surface area contributed by atoms with E-state index >= 15 is 0 Å². The first-order chi connectivity index (χ1) is 11.0. The van der Waals surface area contributed by atoms with Gasteiger partial charge in [0.2, 0.25) is 5.91 Å². The average Bonchev–Trinajstić information content (AvgIpc) is 2.56. The zero-order chi connectivity index (χ0) is 16.8. The van der Waals surface area contributed by atoms with Crippen molar-refractivity contribution in [3.8, 4) is 0 Å². The van der Waals surface area contributed by atoms with Crippen LogP contribution in [0, 0.1) is 11.8 Å². The molecule has 0 aromatic heterocycles. The van der Waals surface area contributed by atoms with Crippen LogP contribution in [0.25, 0.3) is 0 Å². The summed E-state index contributed by atoms with van der Waals surface area (Å²) in [7, 11) is 3.98. The number of piperazine rings is 1. The van der Waals surface area contributed by atoms with E-state index in [0.29, 0.717) is 13.1 Å².